The van der Waals surface area contributed by atoms with Crippen molar-refractivity contribution in [3.63, 3.8) is 0 Å². The molecule has 0 bridgehead atoms. The Morgan fingerprint density at radius 3 is 2.45 bits per heavy atom. The number of hydrogen-bond acceptors (Lipinski definition) is 5. The lowest BCUT2D eigenvalue weighted by Gasteiger charge is -2.36. The number of pyridine rings is 1. The van der Waals surface area contributed by atoms with Crippen molar-refractivity contribution in [2.75, 3.05) is 18.0 Å². The third-order valence-electron chi connectivity index (χ3n) is 7.12. The smallest absolute Gasteiger partial charge is 0.303 e. The largest absolute Gasteiger partial charge is 0.481 e. The molecule has 33 heavy (non-hydrogen) atoms. The number of nitrogens with zero attached hydrogens (tertiary/aromatic N) is 3. The van der Waals surface area contributed by atoms with Gasteiger partial charge in [-0.1, -0.05) is 12.1 Å². The monoisotopic (exact) mass is 448 g/mol. The van der Waals surface area contributed by atoms with Gasteiger partial charge in [0.15, 0.2) is 0 Å². The maximum absolute atomic E-state index is 10.9. The molecular formula is C26H32N4O3. The second kappa shape index (κ2) is 9.51. The molecule has 3 aromatic rings. The fraction of sp³-hybridized carbons (Fsp3) is 0.500. The maximum atomic E-state index is 10.9. The second-order valence-electron chi connectivity index (χ2n) is 9.47. The van der Waals surface area contributed by atoms with E-state index in [4.69, 9.17) is 19.8 Å². The Kier molecular flexibility index (Phi) is 6.31. The number of piperidine rings is 1. The number of benzene rings is 1. The SMILES string of the molecule is Cc1nc(N2CCC(OC3CCC(CC(=O)O)CC3)CC2)ccc1-c1nc2ccccc2[nH]1. The molecule has 3 heterocycles. The number of anilines is 1. The number of aromatic nitrogens is 3. The number of hydrogen-bond donors (Lipinski definition) is 2. The molecule has 2 aliphatic rings. The maximum Gasteiger partial charge on any atom is 0.303 e. The van der Waals surface area contributed by atoms with Gasteiger partial charge in [0.25, 0.3) is 0 Å². The van der Waals surface area contributed by atoms with Crippen molar-refractivity contribution < 1.29 is 14.6 Å². The van der Waals surface area contributed by atoms with Crippen LogP contribution in [-0.2, 0) is 9.53 Å². The summed E-state index contributed by atoms with van der Waals surface area (Å²) in [4.78, 5) is 26.3. The van der Waals surface area contributed by atoms with Crippen LogP contribution < -0.4 is 4.90 Å². The molecule has 5 rings (SSSR count). The molecule has 174 valence electrons. The molecule has 2 fully saturated rings. The van der Waals surface area contributed by atoms with E-state index in [0.717, 1.165) is 85.5 Å². The van der Waals surface area contributed by atoms with Gasteiger partial charge in [-0.3, -0.25) is 4.79 Å². The Hall–Kier alpha value is -2.93. The summed E-state index contributed by atoms with van der Waals surface area (Å²) >= 11 is 0. The number of aryl methyl sites for hydroxylation is 1. The van der Waals surface area contributed by atoms with E-state index in [2.05, 4.69) is 22.0 Å². The van der Waals surface area contributed by atoms with Gasteiger partial charge < -0.3 is 19.7 Å². The number of para-hydroxylation sites is 2. The summed E-state index contributed by atoms with van der Waals surface area (Å²) in [6.07, 6.45) is 6.79. The summed E-state index contributed by atoms with van der Waals surface area (Å²) in [7, 11) is 0. The molecule has 1 aromatic carbocycles. The molecule has 7 heteroatoms. The van der Waals surface area contributed by atoms with Gasteiger partial charge in [-0.25, -0.2) is 9.97 Å². The van der Waals surface area contributed by atoms with Crippen LogP contribution in [0.1, 0.15) is 50.6 Å². The van der Waals surface area contributed by atoms with Crippen molar-refractivity contribution in [1.29, 1.82) is 0 Å². The van der Waals surface area contributed by atoms with Gasteiger partial charge in [0.1, 0.15) is 11.6 Å². The highest BCUT2D eigenvalue weighted by Crippen LogP contribution is 2.31. The van der Waals surface area contributed by atoms with Crippen LogP contribution in [0.2, 0.25) is 0 Å². The number of H-pyrrole nitrogens is 1. The van der Waals surface area contributed by atoms with Crippen LogP contribution in [0.25, 0.3) is 22.4 Å². The summed E-state index contributed by atoms with van der Waals surface area (Å²) in [6.45, 7) is 3.92. The topological polar surface area (TPSA) is 91.3 Å². The van der Waals surface area contributed by atoms with Crippen molar-refractivity contribution in [2.45, 2.75) is 64.1 Å². The molecule has 0 unspecified atom stereocenters. The van der Waals surface area contributed by atoms with Crippen LogP contribution in [0.4, 0.5) is 5.82 Å². The summed E-state index contributed by atoms with van der Waals surface area (Å²) in [5.41, 5.74) is 4.01. The Balaban J connectivity index is 1.15. The van der Waals surface area contributed by atoms with Crippen LogP contribution in [0.3, 0.4) is 0 Å². The van der Waals surface area contributed by atoms with Gasteiger partial charge in [-0.15, -0.1) is 0 Å². The lowest BCUT2D eigenvalue weighted by molar-refractivity contribution is -0.138. The normalized spacial score (nSPS) is 22.0. The van der Waals surface area contributed by atoms with Crippen LogP contribution >= 0.6 is 0 Å². The Labute approximate surface area is 194 Å². The van der Waals surface area contributed by atoms with Crippen molar-refractivity contribution >= 4 is 22.8 Å². The number of carbonyl (C=O) groups is 1. The number of aromatic amines is 1. The first-order valence-corrected chi connectivity index (χ1v) is 12.1. The van der Waals surface area contributed by atoms with E-state index in [1.807, 2.05) is 31.2 Å². The predicted octanol–water partition coefficient (Wildman–Crippen LogP) is 4.95. The summed E-state index contributed by atoms with van der Waals surface area (Å²) in [6, 6.07) is 12.3. The Morgan fingerprint density at radius 1 is 1.03 bits per heavy atom. The Bertz CT molecular complexity index is 1080. The van der Waals surface area contributed by atoms with Crippen molar-refractivity contribution in [3.05, 3.63) is 42.1 Å². The molecule has 2 aromatic heterocycles. The highest BCUT2D eigenvalue weighted by molar-refractivity contribution is 5.79. The van der Waals surface area contributed by atoms with Gasteiger partial charge in [0, 0.05) is 25.1 Å². The van der Waals surface area contributed by atoms with Gasteiger partial charge in [0.05, 0.1) is 28.9 Å². The molecule has 1 aliphatic carbocycles. The van der Waals surface area contributed by atoms with Crippen LogP contribution in [-0.4, -0.2) is 51.3 Å². The van der Waals surface area contributed by atoms with Gasteiger partial charge in [0.2, 0.25) is 0 Å². The quantitative estimate of drug-likeness (QED) is 0.554. The van der Waals surface area contributed by atoms with Gasteiger partial charge in [-0.05, 0) is 75.6 Å². The van der Waals surface area contributed by atoms with E-state index in [1.54, 1.807) is 0 Å². The minimum absolute atomic E-state index is 0.287. The van der Waals surface area contributed by atoms with Crippen molar-refractivity contribution in [2.24, 2.45) is 5.92 Å². The highest BCUT2D eigenvalue weighted by Gasteiger charge is 2.28. The van der Waals surface area contributed by atoms with E-state index in [-0.39, 0.29) is 12.2 Å². The molecule has 0 atom stereocenters. The lowest BCUT2D eigenvalue weighted by atomic mass is 9.85. The number of aliphatic carboxylic acids is 1. The molecule has 7 nitrogen and oxygen atoms in total. The van der Waals surface area contributed by atoms with Crippen LogP contribution in [0, 0.1) is 12.8 Å². The fourth-order valence-electron chi connectivity index (χ4n) is 5.27. The van der Waals surface area contributed by atoms with Gasteiger partial charge >= 0.3 is 5.97 Å². The number of ether oxygens (including phenoxy) is 1. The number of imidazole rings is 1. The minimum Gasteiger partial charge on any atom is -0.481 e. The molecule has 1 saturated carbocycles. The predicted molar refractivity (Wildman–Crippen MR) is 128 cm³/mol. The Morgan fingerprint density at radius 2 is 1.76 bits per heavy atom. The number of fused-ring (bicyclic) bond motifs is 1. The molecular weight excluding hydrogens is 416 g/mol. The van der Waals surface area contributed by atoms with Gasteiger partial charge in [-0.2, -0.15) is 0 Å². The highest BCUT2D eigenvalue weighted by atomic mass is 16.5. The number of nitrogens with one attached hydrogen (secondary N) is 1. The molecule has 0 radical (unpaired) electrons. The number of carboxylic acid groups (broad SMARTS) is 1. The summed E-state index contributed by atoms with van der Waals surface area (Å²) in [5, 5.41) is 8.99. The molecule has 0 spiro atoms. The van der Waals surface area contributed by atoms with E-state index in [1.165, 1.54) is 0 Å². The van der Waals surface area contributed by atoms with Crippen molar-refractivity contribution in [1.82, 2.24) is 15.0 Å². The zero-order valence-corrected chi connectivity index (χ0v) is 19.2. The zero-order chi connectivity index (χ0) is 22.8. The summed E-state index contributed by atoms with van der Waals surface area (Å²) < 4.78 is 6.39. The van der Waals surface area contributed by atoms with E-state index in [9.17, 15) is 4.79 Å². The van der Waals surface area contributed by atoms with E-state index < -0.39 is 5.97 Å². The first-order chi connectivity index (χ1) is 16.0. The molecule has 1 aliphatic heterocycles. The first kappa shape index (κ1) is 21.9. The molecule has 1 saturated heterocycles. The zero-order valence-electron chi connectivity index (χ0n) is 19.2. The minimum atomic E-state index is -0.679. The average molecular weight is 449 g/mol. The lowest BCUT2D eigenvalue weighted by Crippen LogP contribution is -2.39. The van der Waals surface area contributed by atoms with E-state index in [0.29, 0.717) is 12.3 Å². The number of carboxylic acids is 1. The number of rotatable bonds is 6. The first-order valence-electron chi connectivity index (χ1n) is 12.1. The fourth-order valence-corrected chi connectivity index (χ4v) is 5.27. The summed E-state index contributed by atoms with van der Waals surface area (Å²) in [5.74, 6) is 1.51. The third-order valence-corrected chi connectivity index (χ3v) is 7.12. The molecule has 0 amide bonds. The average Bonchev–Trinajstić information content (AvgIpc) is 3.24. The van der Waals surface area contributed by atoms with Crippen LogP contribution in [0.15, 0.2) is 36.4 Å². The molecule has 2 N–H and O–H groups in total. The van der Waals surface area contributed by atoms with E-state index >= 15 is 0 Å². The second-order valence-corrected chi connectivity index (χ2v) is 9.47. The third kappa shape index (κ3) is 5.03. The van der Waals surface area contributed by atoms with Crippen LogP contribution in [0.5, 0.6) is 0 Å². The van der Waals surface area contributed by atoms with Crippen molar-refractivity contribution in [3.8, 4) is 11.4 Å². The standard InChI is InChI=1S/C26H32N4O3/c1-17-21(26-28-22-4-2-3-5-23(22)29-26)10-11-24(27-17)30-14-12-20(13-15-30)33-19-8-6-18(7-9-19)16-25(31)32/h2-5,10-11,18-20H,6-9,12-16H2,1H3,(H,28,29)(H,31,32).